The highest BCUT2D eigenvalue weighted by Crippen LogP contribution is 2.46. The van der Waals surface area contributed by atoms with Gasteiger partial charge in [0.2, 0.25) is 0 Å². The van der Waals surface area contributed by atoms with Crippen LogP contribution in [-0.4, -0.2) is 4.57 Å². The molecule has 74 valence electrons. The van der Waals surface area contributed by atoms with E-state index in [9.17, 15) is 4.79 Å². The van der Waals surface area contributed by atoms with Gasteiger partial charge in [0.15, 0.2) is 0 Å². The molecule has 14 heavy (non-hydrogen) atoms. The highest BCUT2D eigenvalue weighted by Gasteiger charge is 2.41. The van der Waals surface area contributed by atoms with Gasteiger partial charge in [-0.15, -0.1) is 0 Å². The van der Waals surface area contributed by atoms with Gasteiger partial charge in [0.1, 0.15) is 0 Å². The Morgan fingerprint density at radius 3 is 2.71 bits per heavy atom. The molecule has 2 aliphatic rings. The van der Waals surface area contributed by atoms with Gasteiger partial charge >= 0.3 is 0 Å². The molecule has 0 amide bonds. The molecular weight excluding hydrogens is 174 g/mol. The number of hydrogen-bond donors (Lipinski definition) is 0. The number of nitrogens with zero attached hydrogens (tertiary/aromatic N) is 1. The first-order chi connectivity index (χ1) is 6.82. The van der Waals surface area contributed by atoms with Crippen LogP contribution in [0.4, 0.5) is 0 Å². The molecule has 2 nitrogen and oxygen atoms in total. The van der Waals surface area contributed by atoms with Crippen molar-refractivity contribution in [2.75, 3.05) is 0 Å². The van der Waals surface area contributed by atoms with Crippen LogP contribution in [-0.2, 0) is 12.0 Å². The largest absolute Gasteiger partial charge is 0.312 e. The zero-order chi connectivity index (χ0) is 9.60. The van der Waals surface area contributed by atoms with Crippen molar-refractivity contribution in [3.05, 3.63) is 34.2 Å². The summed E-state index contributed by atoms with van der Waals surface area (Å²) in [5, 5.41) is 0. The van der Waals surface area contributed by atoms with Crippen LogP contribution in [0.3, 0.4) is 0 Å². The first kappa shape index (κ1) is 8.27. The molecule has 0 N–H and O–H groups in total. The highest BCUT2D eigenvalue weighted by atomic mass is 16.1. The molecule has 0 unspecified atom stereocenters. The summed E-state index contributed by atoms with van der Waals surface area (Å²) in [7, 11) is 0. The van der Waals surface area contributed by atoms with Crippen molar-refractivity contribution in [2.24, 2.45) is 0 Å². The van der Waals surface area contributed by atoms with Crippen molar-refractivity contribution in [1.29, 1.82) is 0 Å². The third-order valence-electron chi connectivity index (χ3n) is 3.97. The number of pyridine rings is 1. The molecule has 0 saturated heterocycles. The molecule has 2 heteroatoms. The van der Waals surface area contributed by atoms with Gasteiger partial charge < -0.3 is 4.57 Å². The zero-order valence-corrected chi connectivity index (χ0v) is 8.33. The second-order valence-electron chi connectivity index (χ2n) is 4.64. The summed E-state index contributed by atoms with van der Waals surface area (Å²) in [5.74, 6) is 0. The average Bonchev–Trinajstić information content (AvgIpc) is 2.78. The van der Waals surface area contributed by atoms with Crippen LogP contribution in [0.1, 0.15) is 37.8 Å². The molecule has 3 rings (SSSR count). The van der Waals surface area contributed by atoms with Crippen LogP contribution in [0.15, 0.2) is 23.0 Å². The fraction of sp³-hybridized carbons (Fsp3) is 0.583. The Morgan fingerprint density at radius 1 is 1.14 bits per heavy atom. The number of aromatic nitrogens is 1. The molecule has 1 aliphatic carbocycles. The average molecular weight is 189 g/mol. The van der Waals surface area contributed by atoms with Crippen LogP contribution >= 0.6 is 0 Å². The number of hydrogen-bond acceptors (Lipinski definition) is 1. The summed E-state index contributed by atoms with van der Waals surface area (Å²) in [4.78, 5) is 11.6. The minimum absolute atomic E-state index is 0.186. The Balaban J connectivity index is 2.18. The van der Waals surface area contributed by atoms with Crippen LogP contribution in [0, 0.1) is 0 Å². The summed E-state index contributed by atoms with van der Waals surface area (Å²) in [6.07, 6.45) is 6.44. The fourth-order valence-corrected chi connectivity index (χ4v) is 3.23. The maximum atomic E-state index is 11.6. The highest BCUT2D eigenvalue weighted by molar-refractivity contribution is 5.23. The SMILES string of the molecule is O=c1cccc2n1CCC21CCCC1. The van der Waals surface area contributed by atoms with Crippen LogP contribution in [0.25, 0.3) is 0 Å². The van der Waals surface area contributed by atoms with E-state index in [-0.39, 0.29) is 5.56 Å². The maximum Gasteiger partial charge on any atom is 0.250 e. The van der Waals surface area contributed by atoms with Crippen molar-refractivity contribution in [3.8, 4) is 0 Å². The Hall–Kier alpha value is -1.05. The molecule has 0 radical (unpaired) electrons. The van der Waals surface area contributed by atoms with Crippen molar-refractivity contribution < 1.29 is 0 Å². The van der Waals surface area contributed by atoms with Gasteiger partial charge in [0.05, 0.1) is 0 Å². The van der Waals surface area contributed by atoms with E-state index in [0.717, 1.165) is 6.54 Å². The van der Waals surface area contributed by atoms with E-state index < -0.39 is 0 Å². The second-order valence-corrected chi connectivity index (χ2v) is 4.64. The molecule has 1 spiro atoms. The summed E-state index contributed by atoms with van der Waals surface area (Å²) >= 11 is 0. The van der Waals surface area contributed by atoms with E-state index in [4.69, 9.17) is 0 Å². The van der Waals surface area contributed by atoms with E-state index >= 15 is 0 Å². The minimum atomic E-state index is 0.186. The third-order valence-corrected chi connectivity index (χ3v) is 3.97. The summed E-state index contributed by atoms with van der Waals surface area (Å²) in [5.41, 5.74) is 1.87. The lowest BCUT2D eigenvalue weighted by Gasteiger charge is -2.22. The third kappa shape index (κ3) is 0.941. The Bertz CT molecular complexity index is 413. The normalized spacial score (nSPS) is 22.9. The summed E-state index contributed by atoms with van der Waals surface area (Å²) in [6.45, 7) is 0.939. The number of rotatable bonds is 0. The Morgan fingerprint density at radius 2 is 1.93 bits per heavy atom. The summed E-state index contributed by atoms with van der Waals surface area (Å²) < 4.78 is 1.98. The lowest BCUT2D eigenvalue weighted by Crippen LogP contribution is -2.23. The van der Waals surface area contributed by atoms with Gasteiger partial charge in [-0.05, 0) is 25.3 Å². The number of fused-ring (bicyclic) bond motifs is 2. The molecule has 1 aliphatic heterocycles. The quantitative estimate of drug-likeness (QED) is 0.612. The molecule has 1 fully saturated rings. The molecule has 1 aromatic rings. The van der Waals surface area contributed by atoms with Gasteiger partial charge in [-0.2, -0.15) is 0 Å². The molecule has 0 aromatic carbocycles. The molecule has 0 bridgehead atoms. The second kappa shape index (κ2) is 2.72. The molecule has 0 atom stereocenters. The van der Waals surface area contributed by atoms with Crippen molar-refractivity contribution in [3.63, 3.8) is 0 Å². The molecular formula is C12H15NO. The maximum absolute atomic E-state index is 11.6. The van der Waals surface area contributed by atoms with Crippen LogP contribution in [0.5, 0.6) is 0 Å². The smallest absolute Gasteiger partial charge is 0.250 e. The molecule has 1 aromatic heterocycles. The van der Waals surface area contributed by atoms with Crippen molar-refractivity contribution >= 4 is 0 Å². The topological polar surface area (TPSA) is 22.0 Å². The van der Waals surface area contributed by atoms with Crippen LogP contribution < -0.4 is 5.56 Å². The first-order valence-corrected chi connectivity index (χ1v) is 5.52. The van der Waals surface area contributed by atoms with E-state index in [1.54, 1.807) is 6.07 Å². The molecule has 2 heterocycles. The van der Waals surface area contributed by atoms with Crippen LogP contribution in [0.2, 0.25) is 0 Å². The van der Waals surface area contributed by atoms with Crippen molar-refractivity contribution in [2.45, 2.75) is 44.1 Å². The lowest BCUT2D eigenvalue weighted by atomic mass is 9.82. The van der Waals surface area contributed by atoms with E-state index in [2.05, 4.69) is 6.07 Å². The van der Waals surface area contributed by atoms with Crippen molar-refractivity contribution in [1.82, 2.24) is 4.57 Å². The van der Waals surface area contributed by atoms with Gasteiger partial charge in [-0.1, -0.05) is 18.9 Å². The zero-order valence-electron chi connectivity index (χ0n) is 8.33. The Labute approximate surface area is 83.6 Å². The van der Waals surface area contributed by atoms with Gasteiger partial charge in [0.25, 0.3) is 5.56 Å². The van der Waals surface area contributed by atoms with Gasteiger partial charge in [-0.3, -0.25) is 4.79 Å². The monoisotopic (exact) mass is 189 g/mol. The molecule has 1 saturated carbocycles. The minimum Gasteiger partial charge on any atom is -0.312 e. The van der Waals surface area contributed by atoms with Gasteiger partial charge in [-0.25, -0.2) is 0 Å². The van der Waals surface area contributed by atoms with E-state index in [1.165, 1.54) is 37.8 Å². The predicted molar refractivity (Wildman–Crippen MR) is 55.5 cm³/mol. The van der Waals surface area contributed by atoms with Gasteiger partial charge in [0, 0.05) is 23.7 Å². The van der Waals surface area contributed by atoms with E-state index in [1.807, 2.05) is 10.6 Å². The Kier molecular flexibility index (Phi) is 1.61. The predicted octanol–water partition coefficient (Wildman–Crippen LogP) is 2.06. The summed E-state index contributed by atoms with van der Waals surface area (Å²) in [6, 6.07) is 5.75. The lowest BCUT2D eigenvalue weighted by molar-refractivity contribution is 0.439. The van der Waals surface area contributed by atoms with E-state index in [0.29, 0.717) is 5.41 Å². The fourth-order valence-electron chi connectivity index (χ4n) is 3.23. The standard InChI is InChI=1S/C12H15NO/c14-11-5-3-4-10-12(6-1-2-7-12)8-9-13(10)11/h3-5H,1-2,6-9H2. The first-order valence-electron chi connectivity index (χ1n) is 5.52.